The third kappa shape index (κ3) is 4.54. The number of carbonyl (C=O) groups is 1. The Morgan fingerprint density at radius 3 is 2.96 bits per heavy atom. The van der Waals surface area contributed by atoms with Crippen LogP contribution < -0.4 is 4.90 Å². The molecule has 1 N–H and O–H groups in total. The lowest BCUT2D eigenvalue weighted by Gasteiger charge is -2.32. The molecule has 2 aromatic rings. The van der Waals surface area contributed by atoms with Gasteiger partial charge in [-0.15, -0.1) is 0 Å². The number of hydrogen-bond donors (Lipinski definition) is 1. The Morgan fingerprint density at radius 1 is 1.31 bits per heavy atom. The van der Waals surface area contributed by atoms with Crippen LogP contribution in [0.1, 0.15) is 36.0 Å². The first-order valence-electron chi connectivity index (χ1n) is 8.94. The molecule has 3 rings (SSSR count). The molecule has 1 saturated heterocycles. The molecule has 0 aliphatic carbocycles. The van der Waals surface area contributed by atoms with Gasteiger partial charge in [-0.3, -0.25) is 4.98 Å². The molecule has 26 heavy (non-hydrogen) atoms. The summed E-state index contributed by atoms with van der Waals surface area (Å²) in [6.45, 7) is 2.68. The van der Waals surface area contributed by atoms with Gasteiger partial charge in [0, 0.05) is 39.2 Å². The lowest BCUT2D eigenvalue weighted by Crippen LogP contribution is -2.36. The summed E-state index contributed by atoms with van der Waals surface area (Å²) in [6.07, 6.45) is 7.77. The zero-order chi connectivity index (χ0) is 18.4. The molecule has 0 spiro atoms. The number of hydrogen-bond acceptors (Lipinski definition) is 6. The maximum absolute atomic E-state index is 11.2. The summed E-state index contributed by atoms with van der Waals surface area (Å²) in [6, 6.07) is 4.78. The van der Waals surface area contributed by atoms with Crippen molar-refractivity contribution in [2.75, 3.05) is 31.7 Å². The largest absolute Gasteiger partial charge is 0.478 e. The first-order chi connectivity index (χ1) is 12.7. The van der Waals surface area contributed by atoms with Crippen LogP contribution in [0.4, 0.5) is 5.95 Å². The summed E-state index contributed by atoms with van der Waals surface area (Å²) in [5.41, 5.74) is 1.38. The van der Waals surface area contributed by atoms with E-state index >= 15 is 0 Å². The lowest BCUT2D eigenvalue weighted by molar-refractivity contribution is 0.0697. The van der Waals surface area contributed by atoms with Gasteiger partial charge >= 0.3 is 5.97 Å². The van der Waals surface area contributed by atoms with E-state index in [4.69, 9.17) is 9.84 Å². The fourth-order valence-electron chi connectivity index (χ4n) is 3.35. The molecular weight excluding hydrogens is 332 g/mol. The van der Waals surface area contributed by atoms with Crippen molar-refractivity contribution in [3.8, 4) is 11.4 Å². The van der Waals surface area contributed by atoms with Gasteiger partial charge in [-0.05, 0) is 49.8 Å². The molecule has 0 bridgehead atoms. The minimum atomic E-state index is -0.974. The molecule has 1 atom stereocenters. The third-order valence-corrected chi connectivity index (χ3v) is 4.67. The van der Waals surface area contributed by atoms with E-state index in [0.29, 0.717) is 23.3 Å². The average Bonchev–Trinajstić information content (AvgIpc) is 2.69. The van der Waals surface area contributed by atoms with Crippen molar-refractivity contribution in [1.29, 1.82) is 0 Å². The van der Waals surface area contributed by atoms with Crippen LogP contribution in [0.5, 0.6) is 0 Å². The van der Waals surface area contributed by atoms with E-state index < -0.39 is 5.97 Å². The molecule has 0 radical (unpaired) electrons. The topological polar surface area (TPSA) is 88.4 Å². The molecule has 3 heterocycles. The number of pyridine rings is 1. The van der Waals surface area contributed by atoms with Crippen molar-refractivity contribution >= 4 is 11.9 Å². The fourth-order valence-corrected chi connectivity index (χ4v) is 3.35. The van der Waals surface area contributed by atoms with E-state index in [1.807, 2.05) is 0 Å². The average molecular weight is 356 g/mol. The molecule has 0 aromatic carbocycles. The summed E-state index contributed by atoms with van der Waals surface area (Å²) < 4.78 is 5.15. The van der Waals surface area contributed by atoms with Crippen molar-refractivity contribution in [2.45, 2.75) is 25.7 Å². The number of nitrogens with zero attached hydrogens (tertiary/aromatic N) is 4. The normalized spacial score (nSPS) is 17.3. The van der Waals surface area contributed by atoms with E-state index in [9.17, 15) is 4.79 Å². The van der Waals surface area contributed by atoms with Gasteiger partial charge in [-0.2, -0.15) is 0 Å². The number of methoxy groups -OCH3 is 1. The Labute approximate surface area is 153 Å². The zero-order valence-corrected chi connectivity index (χ0v) is 15.0. The van der Waals surface area contributed by atoms with Gasteiger partial charge < -0.3 is 14.7 Å². The molecule has 7 nitrogen and oxygen atoms in total. The standard InChI is InChI=1S/C19H24N4O3/c1-26-11-3-5-14-4-2-10-23(13-14)19-21-9-7-16(22-19)17-12-15(18(24)25)6-8-20-17/h6-9,12,14H,2-5,10-11,13H2,1H3,(H,24,25). The summed E-state index contributed by atoms with van der Waals surface area (Å²) in [5.74, 6) is 0.332. The minimum absolute atomic E-state index is 0.200. The van der Waals surface area contributed by atoms with E-state index in [2.05, 4.69) is 19.9 Å². The highest BCUT2D eigenvalue weighted by atomic mass is 16.5. The highest BCUT2D eigenvalue weighted by molar-refractivity contribution is 5.88. The molecule has 7 heteroatoms. The zero-order valence-electron chi connectivity index (χ0n) is 15.0. The van der Waals surface area contributed by atoms with Gasteiger partial charge in [0.05, 0.1) is 17.0 Å². The number of carboxylic acid groups (broad SMARTS) is 1. The second kappa shape index (κ2) is 8.71. The van der Waals surface area contributed by atoms with Gasteiger partial charge in [-0.25, -0.2) is 14.8 Å². The number of aromatic carboxylic acids is 1. The van der Waals surface area contributed by atoms with Crippen LogP contribution in [0.15, 0.2) is 30.6 Å². The Hall–Kier alpha value is -2.54. The van der Waals surface area contributed by atoms with Gasteiger partial charge in [0.25, 0.3) is 0 Å². The molecule has 1 unspecified atom stereocenters. The van der Waals surface area contributed by atoms with Crippen molar-refractivity contribution in [2.24, 2.45) is 5.92 Å². The second-order valence-electron chi connectivity index (χ2n) is 6.57. The number of piperidine rings is 1. The maximum Gasteiger partial charge on any atom is 0.335 e. The minimum Gasteiger partial charge on any atom is -0.478 e. The first kappa shape index (κ1) is 18.3. The number of ether oxygens (including phenoxy) is 1. The highest BCUT2D eigenvalue weighted by Crippen LogP contribution is 2.25. The van der Waals surface area contributed by atoms with Crippen LogP contribution in [-0.4, -0.2) is 52.8 Å². The van der Waals surface area contributed by atoms with Crippen LogP contribution in [0.3, 0.4) is 0 Å². The van der Waals surface area contributed by atoms with Crippen LogP contribution in [0.2, 0.25) is 0 Å². The molecule has 138 valence electrons. The molecule has 0 amide bonds. The predicted molar refractivity (Wildman–Crippen MR) is 98.3 cm³/mol. The van der Waals surface area contributed by atoms with Gasteiger partial charge in [0.1, 0.15) is 0 Å². The van der Waals surface area contributed by atoms with Crippen LogP contribution in [0.25, 0.3) is 11.4 Å². The maximum atomic E-state index is 11.2. The van der Waals surface area contributed by atoms with Crippen molar-refractivity contribution in [3.63, 3.8) is 0 Å². The summed E-state index contributed by atoms with van der Waals surface area (Å²) >= 11 is 0. The number of aromatic nitrogens is 3. The van der Waals surface area contributed by atoms with Crippen molar-refractivity contribution < 1.29 is 14.6 Å². The van der Waals surface area contributed by atoms with Gasteiger partial charge in [-0.1, -0.05) is 0 Å². The third-order valence-electron chi connectivity index (χ3n) is 4.67. The Morgan fingerprint density at radius 2 is 2.15 bits per heavy atom. The quantitative estimate of drug-likeness (QED) is 0.763. The van der Waals surface area contributed by atoms with E-state index in [1.165, 1.54) is 24.8 Å². The summed E-state index contributed by atoms with van der Waals surface area (Å²) in [5, 5.41) is 9.15. The number of carboxylic acids is 1. The van der Waals surface area contributed by atoms with Crippen molar-refractivity contribution in [3.05, 3.63) is 36.2 Å². The Bertz CT molecular complexity index is 753. The second-order valence-corrected chi connectivity index (χ2v) is 6.57. The van der Waals surface area contributed by atoms with E-state index in [1.54, 1.807) is 19.4 Å². The van der Waals surface area contributed by atoms with E-state index in [-0.39, 0.29) is 5.56 Å². The number of rotatable bonds is 7. The predicted octanol–water partition coefficient (Wildman–Crippen LogP) is 2.88. The monoisotopic (exact) mass is 356 g/mol. The van der Waals surface area contributed by atoms with Crippen LogP contribution in [0, 0.1) is 5.92 Å². The van der Waals surface area contributed by atoms with Crippen LogP contribution >= 0.6 is 0 Å². The van der Waals surface area contributed by atoms with Crippen molar-refractivity contribution in [1.82, 2.24) is 15.0 Å². The van der Waals surface area contributed by atoms with E-state index in [0.717, 1.165) is 39.0 Å². The molecule has 1 aliphatic rings. The Balaban J connectivity index is 1.74. The smallest absolute Gasteiger partial charge is 0.335 e. The van der Waals surface area contributed by atoms with Gasteiger partial charge in [0.15, 0.2) is 0 Å². The molecule has 1 aliphatic heterocycles. The lowest BCUT2D eigenvalue weighted by atomic mass is 9.94. The summed E-state index contributed by atoms with van der Waals surface area (Å²) in [4.78, 5) is 26.7. The Kier molecular flexibility index (Phi) is 6.12. The first-order valence-corrected chi connectivity index (χ1v) is 8.94. The molecular formula is C19H24N4O3. The SMILES string of the molecule is COCCCC1CCCN(c2nccc(-c3cc(C(=O)O)ccn3)n2)C1. The molecule has 2 aromatic heterocycles. The molecule has 0 saturated carbocycles. The number of anilines is 1. The molecule has 1 fully saturated rings. The van der Waals surface area contributed by atoms with Gasteiger partial charge in [0.2, 0.25) is 5.95 Å². The van der Waals surface area contributed by atoms with Crippen LogP contribution in [-0.2, 0) is 4.74 Å². The highest BCUT2D eigenvalue weighted by Gasteiger charge is 2.22. The summed E-state index contributed by atoms with van der Waals surface area (Å²) in [7, 11) is 1.74. The fraction of sp³-hybridized carbons (Fsp3) is 0.474.